The molecule has 3 aromatic rings. The summed E-state index contributed by atoms with van der Waals surface area (Å²) in [6.07, 6.45) is 1.75. The van der Waals surface area contributed by atoms with Crippen molar-refractivity contribution in [2.24, 2.45) is 0 Å². The molecule has 0 spiro atoms. The fourth-order valence-corrected chi connectivity index (χ4v) is 2.38. The van der Waals surface area contributed by atoms with Crippen molar-refractivity contribution in [3.05, 3.63) is 54.0 Å². The number of ether oxygens (including phenoxy) is 1. The number of nitrogens with zero attached hydrogens (tertiary/aromatic N) is 4. The molecule has 0 fully saturated rings. The van der Waals surface area contributed by atoms with Crippen molar-refractivity contribution in [2.75, 3.05) is 7.11 Å². The first-order chi connectivity index (χ1) is 11.1. The number of methoxy groups -OCH3 is 1. The highest BCUT2D eigenvalue weighted by molar-refractivity contribution is 5.66. The van der Waals surface area contributed by atoms with Crippen molar-refractivity contribution < 1.29 is 4.74 Å². The third-order valence-corrected chi connectivity index (χ3v) is 3.60. The number of pyridine rings is 1. The van der Waals surface area contributed by atoms with Crippen molar-refractivity contribution in [3.63, 3.8) is 0 Å². The highest BCUT2D eigenvalue weighted by atomic mass is 16.5. The Kier molecular flexibility index (Phi) is 4.10. The van der Waals surface area contributed by atoms with Gasteiger partial charge in [0.05, 0.1) is 12.7 Å². The van der Waals surface area contributed by atoms with Gasteiger partial charge in [0.15, 0.2) is 17.5 Å². The molecule has 118 valence electrons. The third kappa shape index (κ3) is 2.95. The summed E-state index contributed by atoms with van der Waals surface area (Å²) in [5.74, 6) is 3.28. The smallest absolute Gasteiger partial charge is 0.169 e. The van der Waals surface area contributed by atoms with Crippen LogP contribution in [0.25, 0.3) is 17.2 Å². The molecular weight excluding hydrogens is 288 g/mol. The van der Waals surface area contributed by atoms with Gasteiger partial charge < -0.3 is 4.74 Å². The molecule has 0 amide bonds. The summed E-state index contributed by atoms with van der Waals surface area (Å²) in [7, 11) is 1.67. The second-order valence-electron chi connectivity index (χ2n) is 5.75. The molecule has 0 aliphatic rings. The minimum atomic E-state index is 0.231. The second-order valence-corrected chi connectivity index (χ2v) is 5.75. The molecule has 3 rings (SSSR count). The number of benzene rings is 1. The predicted molar refractivity (Wildman–Crippen MR) is 90.0 cm³/mol. The Bertz CT molecular complexity index is 809. The van der Waals surface area contributed by atoms with Crippen molar-refractivity contribution in [2.45, 2.75) is 26.7 Å². The number of aromatic nitrogens is 4. The van der Waals surface area contributed by atoms with Crippen LogP contribution in [0.5, 0.6) is 5.75 Å². The minimum Gasteiger partial charge on any atom is -0.496 e. The van der Waals surface area contributed by atoms with Gasteiger partial charge in [0.1, 0.15) is 5.75 Å². The molecule has 0 atom stereocenters. The summed E-state index contributed by atoms with van der Waals surface area (Å²) in [5, 5.41) is 4.65. The summed E-state index contributed by atoms with van der Waals surface area (Å²) in [5.41, 5.74) is 2.06. The van der Waals surface area contributed by atoms with Crippen LogP contribution in [0.3, 0.4) is 0 Å². The van der Waals surface area contributed by atoms with Gasteiger partial charge in [0.2, 0.25) is 0 Å². The van der Waals surface area contributed by atoms with E-state index in [4.69, 9.17) is 9.72 Å². The Hall–Kier alpha value is -2.69. The molecule has 0 bridgehead atoms. The molecule has 23 heavy (non-hydrogen) atoms. The normalized spacial score (nSPS) is 11.0. The largest absolute Gasteiger partial charge is 0.496 e. The zero-order valence-corrected chi connectivity index (χ0v) is 13.8. The summed E-state index contributed by atoms with van der Waals surface area (Å²) in [6.45, 7) is 6.21. The maximum absolute atomic E-state index is 5.51. The Morgan fingerprint density at radius 3 is 2.61 bits per heavy atom. The van der Waals surface area contributed by atoms with E-state index in [1.54, 1.807) is 18.0 Å². The zero-order chi connectivity index (χ0) is 16.4. The molecule has 0 saturated carbocycles. The number of rotatable bonds is 4. The monoisotopic (exact) mass is 308 g/mol. The lowest BCUT2D eigenvalue weighted by molar-refractivity contribution is 0.416. The fourth-order valence-electron chi connectivity index (χ4n) is 2.38. The SMILES string of the molecule is COc1ccc(C)cc1-c1nc(C(C)C)nn1-c1ccccn1. The molecule has 2 heterocycles. The van der Waals surface area contributed by atoms with E-state index in [1.165, 1.54) is 0 Å². The molecule has 0 N–H and O–H groups in total. The van der Waals surface area contributed by atoms with Crippen molar-refractivity contribution >= 4 is 0 Å². The zero-order valence-electron chi connectivity index (χ0n) is 13.8. The van der Waals surface area contributed by atoms with Gasteiger partial charge in [0, 0.05) is 12.1 Å². The second kappa shape index (κ2) is 6.20. The lowest BCUT2D eigenvalue weighted by Gasteiger charge is -2.10. The van der Waals surface area contributed by atoms with Gasteiger partial charge in [-0.2, -0.15) is 4.68 Å². The number of hydrogen-bond acceptors (Lipinski definition) is 4. The molecule has 5 heteroatoms. The molecule has 0 unspecified atom stereocenters. The molecule has 0 aliphatic carbocycles. The summed E-state index contributed by atoms with van der Waals surface area (Å²) in [6, 6.07) is 11.8. The highest BCUT2D eigenvalue weighted by Gasteiger charge is 2.19. The maximum atomic E-state index is 5.51. The molecule has 0 saturated heterocycles. The summed E-state index contributed by atoms with van der Waals surface area (Å²) < 4.78 is 7.30. The molecule has 0 radical (unpaired) electrons. The first kappa shape index (κ1) is 15.2. The van der Waals surface area contributed by atoms with E-state index in [1.807, 2.05) is 37.3 Å². The Morgan fingerprint density at radius 2 is 1.96 bits per heavy atom. The topological polar surface area (TPSA) is 52.8 Å². The van der Waals surface area contributed by atoms with Crippen LogP contribution >= 0.6 is 0 Å². The van der Waals surface area contributed by atoms with Crippen LogP contribution in [0.15, 0.2) is 42.6 Å². The van der Waals surface area contributed by atoms with Crippen LogP contribution in [0.1, 0.15) is 31.2 Å². The molecular formula is C18H20N4O. The van der Waals surface area contributed by atoms with Gasteiger partial charge in [-0.15, -0.1) is 5.10 Å². The third-order valence-electron chi connectivity index (χ3n) is 3.60. The standard InChI is InChI=1S/C18H20N4O/c1-12(2)17-20-18(14-11-13(3)8-9-15(14)23-4)22(21-17)16-7-5-6-10-19-16/h5-12H,1-4H3. The fraction of sp³-hybridized carbons (Fsp3) is 0.278. The Morgan fingerprint density at radius 1 is 1.13 bits per heavy atom. The van der Waals surface area contributed by atoms with Gasteiger partial charge in [-0.3, -0.25) is 0 Å². The van der Waals surface area contributed by atoms with E-state index in [2.05, 4.69) is 30.0 Å². The number of hydrogen-bond donors (Lipinski definition) is 0. The van der Waals surface area contributed by atoms with E-state index >= 15 is 0 Å². The van der Waals surface area contributed by atoms with Gasteiger partial charge in [-0.25, -0.2) is 9.97 Å². The Labute approximate surface area is 136 Å². The van der Waals surface area contributed by atoms with Gasteiger partial charge >= 0.3 is 0 Å². The van der Waals surface area contributed by atoms with Gasteiger partial charge in [0.25, 0.3) is 0 Å². The quantitative estimate of drug-likeness (QED) is 0.736. The van der Waals surface area contributed by atoms with Crippen molar-refractivity contribution in [3.8, 4) is 23.0 Å². The molecule has 2 aromatic heterocycles. The van der Waals surface area contributed by atoms with Crippen LogP contribution in [0, 0.1) is 6.92 Å². The van der Waals surface area contributed by atoms with Crippen LogP contribution in [0.2, 0.25) is 0 Å². The van der Waals surface area contributed by atoms with Gasteiger partial charge in [-0.1, -0.05) is 31.5 Å². The van der Waals surface area contributed by atoms with E-state index in [0.29, 0.717) is 0 Å². The van der Waals surface area contributed by atoms with Crippen LogP contribution in [-0.4, -0.2) is 26.9 Å². The number of aryl methyl sites for hydroxylation is 1. The van der Waals surface area contributed by atoms with Crippen LogP contribution in [-0.2, 0) is 0 Å². The highest BCUT2D eigenvalue weighted by Crippen LogP contribution is 2.31. The lowest BCUT2D eigenvalue weighted by atomic mass is 10.1. The summed E-state index contributed by atoms with van der Waals surface area (Å²) >= 11 is 0. The van der Waals surface area contributed by atoms with Crippen molar-refractivity contribution in [1.82, 2.24) is 19.7 Å². The van der Waals surface area contributed by atoms with E-state index in [-0.39, 0.29) is 5.92 Å². The van der Waals surface area contributed by atoms with Gasteiger partial charge in [-0.05, 0) is 31.2 Å². The van der Waals surface area contributed by atoms with Crippen LogP contribution < -0.4 is 4.74 Å². The lowest BCUT2D eigenvalue weighted by Crippen LogP contribution is -2.03. The maximum Gasteiger partial charge on any atom is 0.169 e. The average Bonchev–Trinajstić information content (AvgIpc) is 3.01. The van der Waals surface area contributed by atoms with E-state index in [0.717, 1.165) is 34.3 Å². The van der Waals surface area contributed by atoms with E-state index in [9.17, 15) is 0 Å². The molecule has 5 nitrogen and oxygen atoms in total. The van der Waals surface area contributed by atoms with Crippen LogP contribution in [0.4, 0.5) is 0 Å². The van der Waals surface area contributed by atoms with E-state index < -0.39 is 0 Å². The first-order valence-corrected chi connectivity index (χ1v) is 7.63. The minimum absolute atomic E-state index is 0.231. The predicted octanol–water partition coefficient (Wildman–Crippen LogP) is 3.77. The first-order valence-electron chi connectivity index (χ1n) is 7.63. The molecule has 1 aromatic carbocycles. The van der Waals surface area contributed by atoms with Crippen molar-refractivity contribution in [1.29, 1.82) is 0 Å². The molecule has 0 aliphatic heterocycles. The summed E-state index contributed by atoms with van der Waals surface area (Å²) in [4.78, 5) is 9.14. The Balaban J connectivity index is 2.25. The average molecular weight is 308 g/mol.